The Hall–Kier alpha value is -5.86. The van der Waals surface area contributed by atoms with E-state index >= 15 is 0 Å². The zero-order chi connectivity index (χ0) is 52.0. The van der Waals surface area contributed by atoms with Gasteiger partial charge in [0.25, 0.3) is 15.5 Å². The zero-order valence-corrected chi connectivity index (χ0v) is 40.3. The number of carbonyl (C=O) groups is 10. The van der Waals surface area contributed by atoms with Crippen molar-refractivity contribution in [3.8, 4) is 0 Å². The molecule has 0 radical (unpaired) electrons. The summed E-state index contributed by atoms with van der Waals surface area (Å²) in [5.74, 6) is -15.3. The van der Waals surface area contributed by atoms with Gasteiger partial charge < -0.3 is 66.9 Å². The molecule has 25 nitrogen and oxygen atoms in total. The van der Waals surface area contributed by atoms with Crippen molar-refractivity contribution in [1.82, 2.24) is 5.32 Å². The number of methoxy groups -OCH3 is 1. The number of alkyl halides is 3. The van der Waals surface area contributed by atoms with Crippen molar-refractivity contribution in [1.29, 1.82) is 5.41 Å². The predicted molar refractivity (Wildman–Crippen MR) is 227 cm³/mol. The highest BCUT2D eigenvalue weighted by molar-refractivity contribution is 6.76. The molecule has 1 aromatic carbocycles. The van der Waals surface area contributed by atoms with Crippen LogP contribution in [-0.4, -0.2) is 163 Å². The molecule has 0 saturated carbocycles. The summed E-state index contributed by atoms with van der Waals surface area (Å²) in [6.45, 7) is 3.87. The molecule has 2 N–H and O–H groups in total. The maximum Gasteiger partial charge on any atom is 0.366 e. The lowest BCUT2D eigenvalue weighted by Gasteiger charge is -2.51. The van der Waals surface area contributed by atoms with Gasteiger partial charge in [0.15, 0.2) is 31.0 Å². The van der Waals surface area contributed by atoms with Crippen LogP contribution in [0.1, 0.15) is 65.2 Å². The fourth-order valence-electron chi connectivity index (χ4n) is 6.75. The van der Waals surface area contributed by atoms with Crippen molar-refractivity contribution in [3.63, 3.8) is 0 Å². The number of carbonyl (C=O) groups excluding carboxylic acids is 10. The third kappa shape index (κ3) is 17.3. The molecule has 11 atom stereocenters. The van der Waals surface area contributed by atoms with Gasteiger partial charge in [0, 0.05) is 48.5 Å². The first-order valence-corrected chi connectivity index (χ1v) is 21.4. The molecule has 2 aliphatic rings. The van der Waals surface area contributed by atoms with Gasteiger partial charge in [-0.3, -0.25) is 43.8 Å². The van der Waals surface area contributed by atoms with Gasteiger partial charge in [-0.15, -0.1) is 0 Å². The third-order valence-electron chi connectivity index (χ3n) is 9.27. The van der Waals surface area contributed by atoms with Crippen LogP contribution in [0.15, 0.2) is 30.3 Å². The zero-order valence-electron chi connectivity index (χ0n) is 38.0. The van der Waals surface area contributed by atoms with Gasteiger partial charge in [-0.2, -0.15) is 0 Å². The van der Waals surface area contributed by atoms with Crippen molar-refractivity contribution < 1.29 is 110 Å². The minimum absolute atomic E-state index is 0.134. The topological polar surface area (TPSA) is 327 Å². The second-order valence-electron chi connectivity index (χ2n) is 14.8. The molecule has 2 fully saturated rings. The molecular weight excluding hydrogens is 995 g/mol. The van der Waals surface area contributed by atoms with E-state index < -0.39 is 163 Å². The fourth-order valence-corrected chi connectivity index (χ4v) is 6.88. The molecule has 2 heterocycles. The SMILES string of the molecule is COC(=O)[C@@]1(OC2C(OC(=O)c3ccccc3)[C@H](OC(=N)C(Cl)(Cl)Cl)OC(COC(C)=O)[C@@H]2OC(C)=O)CC(OC(C)=O)[C@@H](NC(=O)COC(C)=O)C([C@H](OC(C)=O)[C@@H](COC(C)=O)OC(C)=O)O1. The van der Waals surface area contributed by atoms with E-state index in [0.29, 0.717) is 0 Å². The van der Waals surface area contributed by atoms with E-state index in [2.05, 4.69) is 5.32 Å². The monoisotopic (exact) mass is 1040 g/mol. The highest BCUT2D eigenvalue weighted by Crippen LogP contribution is 2.42. The Balaban J connectivity index is 2.51. The number of halogens is 3. The molecule has 3 rings (SSSR count). The quantitative estimate of drug-likeness (QED) is 0.0647. The van der Waals surface area contributed by atoms with Crippen LogP contribution in [0, 0.1) is 5.41 Å². The summed E-state index contributed by atoms with van der Waals surface area (Å²) < 4.78 is 70.3. The average Bonchev–Trinajstić information content (AvgIpc) is 3.24. The molecule has 1 aromatic rings. The molecule has 0 bridgehead atoms. The van der Waals surface area contributed by atoms with Gasteiger partial charge in [0.1, 0.15) is 37.6 Å². The second kappa shape index (κ2) is 25.7. The number of nitrogens with one attached hydrogen (secondary N) is 2. The summed E-state index contributed by atoms with van der Waals surface area (Å²) in [4.78, 5) is 129. The maximum absolute atomic E-state index is 14.6. The highest BCUT2D eigenvalue weighted by Gasteiger charge is 2.64. The number of hydrogen-bond donors (Lipinski definition) is 2. The van der Waals surface area contributed by atoms with Crippen LogP contribution < -0.4 is 5.32 Å². The van der Waals surface area contributed by atoms with Crippen LogP contribution in [-0.2, 0) is 105 Å². The Labute approximate surface area is 407 Å². The molecule has 2 aliphatic heterocycles. The van der Waals surface area contributed by atoms with Gasteiger partial charge in [0.2, 0.25) is 12.2 Å². The van der Waals surface area contributed by atoms with Crippen LogP contribution in [0.5, 0.6) is 0 Å². The van der Waals surface area contributed by atoms with Crippen molar-refractivity contribution in [3.05, 3.63) is 35.9 Å². The Kier molecular flexibility index (Phi) is 21.4. The van der Waals surface area contributed by atoms with Gasteiger partial charge in [-0.1, -0.05) is 53.0 Å². The van der Waals surface area contributed by atoms with Gasteiger partial charge in [-0.25, -0.2) is 9.59 Å². The predicted octanol–water partition coefficient (Wildman–Crippen LogP) is 1.25. The van der Waals surface area contributed by atoms with E-state index in [9.17, 15) is 47.9 Å². The summed E-state index contributed by atoms with van der Waals surface area (Å²) >= 11 is 17.9. The smallest absolute Gasteiger partial charge is 0.366 e. The molecule has 382 valence electrons. The second-order valence-corrected chi connectivity index (χ2v) is 17.0. The molecule has 0 aromatic heterocycles. The van der Waals surface area contributed by atoms with E-state index in [1.807, 2.05) is 0 Å². The number of amides is 1. The minimum Gasteiger partial charge on any atom is -0.465 e. The number of ether oxygens (including phenoxy) is 13. The van der Waals surface area contributed by atoms with Crippen molar-refractivity contribution >= 4 is 100 Å². The Morgan fingerprint density at radius 3 is 1.86 bits per heavy atom. The molecule has 5 unspecified atom stereocenters. The van der Waals surface area contributed by atoms with E-state index in [1.54, 1.807) is 6.07 Å². The van der Waals surface area contributed by atoms with Crippen molar-refractivity contribution in [2.75, 3.05) is 26.9 Å². The Morgan fingerprint density at radius 1 is 0.739 bits per heavy atom. The maximum atomic E-state index is 14.6. The molecule has 2 saturated heterocycles. The fraction of sp³-hybridized carbons (Fsp3) is 0.585. The lowest BCUT2D eigenvalue weighted by molar-refractivity contribution is -0.365. The van der Waals surface area contributed by atoms with Crippen molar-refractivity contribution in [2.24, 2.45) is 0 Å². The normalized spacial score (nSPS) is 25.1. The van der Waals surface area contributed by atoms with Gasteiger partial charge in [0.05, 0.1) is 25.1 Å². The van der Waals surface area contributed by atoms with E-state index in [1.165, 1.54) is 24.3 Å². The van der Waals surface area contributed by atoms with Crippen LogP contribution in [0.2, 0.25) is 0 Å². The van der Waals surface area contributed by atoms with Gasteiger partial charge in [-0.05, 0) is 12.1 Å². The lowest BCUT2D eigenvalue weighted by atomic mass is 9.87. The molecule has 1 amide bonds. The number of esters is 9. The molecule has 0 spiro atoms. The summed E-state index contributed by atoms with van der Waals surface area (Å²) in [5, 5.41) is 10.8. The summed E-state index contributed by atoms with van der Waals surface area (Å²) in [7, 11) is 0.823. The number of hydrogen-bond acceptors (Lipinski definition) is 24. The van der Waals surface area contributed by atoms with Crippen LogP contribution in [0.3, 0.4) is 0 Å². The van der Waals surface area contributed by atoms with E-state index in [-0.39, 0.29) is 5.56 Å². The summed E-state index contributed by atoms with van der Waals surface area (Å²) in [6.07, 6.45) is -19.5. The standard InChI is InChI=1S/C41H49Cl3N2O23/c1-18(47)58-15-27(62-22(5)51)31(63-23(6)52)33-30(46-29(54)17-60-20(3)49)26(61-21(4)50)14-40(68-33,39(56)57-8)69-34-32(64-24(7)53)28(16-59-19(2)48)65-37(67-38(45)41(42,43)44)35(34)66-36(55)25-12-10-9-11-13-25/h9-13,26-28,30-35,37,45H,14-17H2,1-8H3,(H,46,54)/t26?,27-,28?,30-,31-,32+,33?,34?,35?,37+,40+/m1/s1. The van der Waals surface area contributed by atoms with Crippen molar-refractivity contribution in [2.45, 2.75) is 126 Å². The summed E-state index contributed by atoms with van der Waals surface area (Å²) in [5.41, 5.74) is -0.134. The van der Waals surface area contributed by atoms with Gasteiger partial charge >= 0.3 is 53.7 Å². The largest absolute Gasteiger partial charge is 0.465 e. The van der Waals surface area contributed by atoms with E-state index in [0.717, 1.165) is 55.6 Å². The Morgan fingerprint density at radius 2 is 1.33 bits per heavy atom. The Bertz CT molecular complexity index is 2090. The minimum atomic E-state index is -3.16. The van der Waals surface area contributed by atoms with E-state index in [4.69, 9.17) is 102 Å². The first kappa shape index (κ1) is 57.5. The first-order chi connectivity index (χ1) is 32.2. The van der Waals surface area contributed by atoms with Crippen LogP contribution in [0.25, 0.3) is 0 Å². The summed E-state index contributed by atoms with van der Waals surface area (Å²) in [6, 6.07) is 5.23. The first-order valence-electron chi connectivity index (χ1n) is 20.2. The molecule has 69 heavy (non-hydrogen) atoms. The number of benzene rings is 1. The third-order valence-corrected chi connectivity index (χ3v) is 9.79. The average molecular weight is 1040 g/mol. The highest BCUT2D eigenvalue weighted by atomic mass is 35.6. The van der Waals surface area contributed by atoms with Crippen LogP contribution >= 0.6 is 34.8 Å². The van der Waals surface area contributed by atoms with Crippen LogP contribution in [0.4, 0.5) is 0 Å². The lowest BCUT2D eigenvalue weighted by Crippen LogP contribution is -2.72. The molecular formula is C41H49Cl3N2O23. The molecule has 28 heteroatoms. The number of rotatable bonds is 19. The molecule has 0 aliphatic carbocycles.